The number of carbonyl (C=O) groups is 2. The van der Waals surface area contributed by atoms with Crippen LogP contribution in [0.4, 0.5) is 26.8 Å². The van der Waals surface area contributed by atoms with Crippen molar-refractivity contribution in [2.24, 2.45) is 0 Å². The lowest BCUT2D eigenvalue weighted by atomic mass is 9.96. The minimum absolute atomic E-state index is 0.0783. The summed E-state index contributed by atoms with van der Waals surface area (Å²) >= 11 is 13.5. The fourth-order valence-electron chi connectivity index (χ4n) is 5.51. The second kappa shape index (κ2) is 17.8. The molecule has 14 nitrogen and oxygen atoms in total. The first kappa shape index (κ1) is 42.3. The fourth-order valence-corrected chi connectivity index (χ4v) is 6.97. The third-order valence-electron chi connectivity index (χ3n) is 8.49. The minimum Gasteiger partial charge on any atom is -0.495 e. The number of ether oxygens (including phenoxy) is 4. The minimum atomic E-state index is -1.45. The lowest BCUT2D eigenvalue weighted by Crippen LogP contribution is -2.43. The predicted molar refractivity (Wildman–Crippen MR) is 213 cm³/mol. The summed E-state index contributed by atoms with van der Waals surface area (Å²) in [5.74, 6) is 0.713. The number of urea groups is 1. The summed E-state index contributed by atoms with van der Waals surface area (Å²) in [6, 6.07) is 8.47. The van der Waals surface area contributed by atoms with E-state index >= 15 is 0 Å². The van der Waals surface area contributed by atoms with Crippen LogP contribution < -0.4 is 19.3 Å². The number of nitro groups is 1. The average molecular weight is 804 g/mol. The summed E-state index contributed by atoms with van der Waals surface area (Å²) in [6.45, 7) is 13.1. The lowest BCUT2D eigenvalue weighted by molar-refractivity contribution is -0.385. The Balaban J connectivity index is 1.59. The summed E-state index contributed by atoms with van der Waals surface area (Å²) in [7, 11) is 2.96. The maximum Gasteiger partial charge on any atom is 0.410 e. The summed E-state index contributed by atoms with van der Waals surface area (Å²) in [5, 5.41) is 12.5. The molecule has 0 spiro atoms. The Kier molecular flexibility index (Phi) is 13.9. The quantitative estimate of drug-likeness (QED) is 0.0540. The van der Waals surface area contributed by atoms with E-state index in [-0.39, 0.29) is 51.9 Å². The van der Waals surface area contributed by atoms with Crippen LogP contribution in [-0.4, -0.2) is 93.3 Å². The van der Waals surface area contributed by atoms with E-state index in [0.29, 0.717) is 42.9 Å². The largest absolute Gasteiger partial charge is 0.495 e. The molecule has 1 aliphatic rings. The summed E-state index contributed by atoms with van der Waals surface area (Å²) in [5.41, 5.74) is 1.91. The van der Waals surface area contributed by atoms with Crippen LogP contribution in [-0.2, 0) is 15.9 Å². The number of carbonyl (C=O) groups excluding carboxylic acids is 2. The van der Waals surface area contributed by atoms with E-state index < -0.39 is 30.7 Å². The van der Waals surface area contributed by atoms with Crippen molar-refractivity contribution in [1.29, 1.82) is 0 Å². The van der Waals surface area contributed by atoms with Gasteiger partial charge in [0.2, 0.25) is 0 Å². The van der Waals surface area contributed by atoms with Crippen LogP contribution in [0.1, 0.15) is 44.0 Å². The molecule has 4 rings (SSSR count). The van der Waals surface area contributed by atoms with Crippen LogP contribution >= 0.6 is 23.2 Å². The van der Waals surface area contributed by atoms with Crippen LogP contribution in [0.2, 0.25) is 35.7 Å². The standard InChI is InChI=1S/C37H48Cl2N6O8Si/c1-37(2,3)53-36(47)43-14-12-24(13-15-43)25-10-11-26(28(19-25)45(48)49)18-27-20-31(41-22-40-27)42(4)35(46)44(23-52-16-17-54(7,8)9)34-32(38)29(50-5)21-30(51-6)33(34)39/h10-12,19-22H,13-18,23H2,1-9H3. The Morgan fingerprint density at radius 2 is 1.70 bits per heavy atom. The van der Waals surface area contributed by atoms with Crippen molar-refractivity contribution in [3.63, 3.8) is 0 Å². The molecule has 0 N–H and O–H groups in total. The molecule has 0 fully saturated rings. The molecule has 292 valence electrons. The van der Waals surface area contributed by atoms with Gasteiger partial charge < -0.3 is 23.8 Å². The molecule has 0 radical (unpaired) electrons. The predicted octanol–water partition coefficient (Wildman–Crippen LogP) is 8.70. The van der Waals surface area contributed by atoms with Gasteiger partial charge in [0, 0.05) is 65.0 Å². The van der Waals surface area contributed by atoms with E-state index in [4.69, 9.17) is 42.1 Å². The first-order chi connectivity index (χ1) is 25.3. The van der Waals surface area contributed by atoms with Gasteiger partial charge in [0.05, 0.1) is 30.5 Å². The van der Waals surface area contributed by atoms with E-state index in [2.05, 4.69) is 29.6 Å². The number of nitrogens with zero attached hydrogens (tertiary/aromatic N) is 6. The van der Waals surface area contributed by atoms with Gasteiger partial charge in [-0.15, -0.1) is 0 Å². The van der Waals surface area contributed by atoms with Gasteiger partial charge >= 0.3 is 12.1 Å². The summed E-state index contributed by atoms with van der Waals surface area (Å²) in [4.78, 5) is 51.5. The molecular formula is C37H48Cl2N6O8Si. The fraction of sp³-hybridized carbons (Fsp3) is 0.459. The van der Waals surface area contributed by atoms with Crippen molar-refractivity contribution in [2.75, 3.05) is 57.5 Å². The molecule has 1 aliphatic heterocycles. The zero-order chi connectivity index (χ0) is 40.0. The van der Waals surface area contributed by atoms with Gasteiger partial charge in [-0.05, 0) is 44.4 Å². The molecule has 0 aliphatic carbocycles. The molecule has 3 amide bonds. The number of nitro benzene ring substituents is 1. The van der Waals surface area contributed by atoms with Gasteiger partial charge in [-0.25, -0.2) is 19.6 Å². The van der Waals surface area contributed by atoms with E-state index in [1.165, 1.54) is 49.5 Å². The topological polar surface area (TPSA) is 150 Å². The van der Waals surface area contributed by atoms with Crippen molar-refractivity contribution in [3.8, 4) is 11.5 Å². The van der Waals surface area contributed by atoms with Crippen LogP contribution in [0.3, 0.4) is 0 Å². The Hall–Kier alpha value is -4.44. The van der Waals surface area contributed by atoms with Crippen molar-refractivity contribution < 1.29 is 33.5 Å². The Labute approximate surface area is 327 Å². The number of halogens is 2. The van der Waals surface area contributed by atoms with Gasteiger partial charge in [-0.3, -0.25) is 19.9 Å². The molecule has 2 aromatic carbocycles. The second-order valence-corrected chi connectivity index (χ2v) is 21.3. The summed E-state index contributed by atoms with van der Waals surface area (Å²) < 4.78 is 22.4. The molecule has 54 heavy (non-hydrogen) atoms. The SMILES string of the molecule is COc1cc(OC)c(Cl)c(N(COCC[Si](C)(C)C)C(=O)N(C)c2cc(Cc3ccc(C4=CCN(C(=O)OC(C)(C)C)CC4)cc3[N+](=O)[O-])ncn2)c1Cl. The third-order valence-corrected chi connectivity index (χ3v) is 10.9. The molecular weight excluding hydrogens is 755 g/mol. The van der Waals surface area contributed by atoms with Crippen molar-refractivity contribution in [3.05, 3.63) is 79.7 Å². The van der Waals surface area contributed by atoms with Crippen LogP contribution in [0, 0.1) is 10.1 Å². The molecule has 0 saturated carbocycles. The number of hydrogen-bond donors (Lipinski definition) is 0. The van der Waals surface area contributed by atoms with Crippen molar-refractivity contribution in [1.82, 2.24) is 14.9 Å². The number of anilines is 2. The van der Waals surface area contributed by atoms with Gasteiger partial charge in [0.15, 0.2) is 0 Å². The van der Waals surface area contributed by atoms with E-state index in [0.717, 1.165) is 11.6 Å². The van der Waals surface area contributed by atoms with Gasteiger partial charge in [0.1, 0.15) is 46.0 Å². The molecule has 0 bridgehead atoms. The molecule has 0 saturated heterocycles. The van der Waals surface area contributed by atoms with Gasteiger partial charge in [-0.1, -0.05) is 61.1 Å². The normalized spacial score (nSPS) is 13.2. The third kappa shape index (κ3) is 10.8. The highest BCUT2D eigenvalue weighted by atomic mass is 35.5. The van der Waals surface area contributed by atoms with Crippen LogP contribution in [0.15, 0.2) is 42.7 Å². The smallest absolute Gasteiger partial charge is 0.410 e. The van der Waals surface area contributed by atoms with Gasteiger partial charge in [0.25, 0.3) is 5.69 Å². The number of hydrogen-bond acceptors (Lipinski definition) is 10. The highest BCUT2D eigenvalue weighted by molar-refractivity contribution is 6.76. The number of methoxy groups -OCH3 is 2. The molecule has 17 heteroatoms. The Morgan fingerprint density at radius 3 is 2.26 bits per heavy atom. The number of aromatic nitrogens is 2. The number of rotatable bonds is 13. The average Bonchev–Trinajstić information content (AvgIpc) is 3.11. The van der Waals surface area contributed by atoms with Crippen LogP contribution in [0.25, 0.3) is 5.57 Å². The maximum atomic E-state index is 14.3. The Bertz CT molecular complexity index is 1870. The first-order valence-electron chi connectivity index (χ1n) is 17.3. The number of amides is 3. The maximum absolute atomic E-state index is 14.3. The zero-order valence-electron chi connectivity index (χ0n) is 32.2. The van der Waals surface area contributed by atoms with E-state index in [9.17, 15) is 19.7 Å². The molecule has 2 heterocycles. The van der Waals surface area contributed by atoms with Crippen molar-refractivity contribution in [2.45, 2.75) is 64.9 Å². The number of benzene rings is 2. The summed E-state index contributed by atoms with van der Waals surface area (Å²) in [6.07, 6.45) is 3.39. The highest BCUT2D eigenvalue weighted by Crippen LogP contribution is 2.46. The van der Waals surface area contributed by atoms with E-state index in [1.807, 2.05) is 32.9 Å². The van der Waals surface area contributed by atoms with Crippen LogP contribution in [0.5, 0.6) is 11.5 Å². The van der Waals surface area contributed by atoms with Crippen molar-refractivity contribution >= 4 is 66.2 Å². The first-order valence-corrected chi connectivity index (χ1v) is 21.8. The molecule has 3 aromatic rings. The Morgan fingerprint density at radius 1 is 1.04 bits per heavy atom. The molecule has 1 aromatic heterocycles. The monoisotopic (exact) mass is 802 g/mol. The molecule has 0 unspecified atom stereocenters. The lowest BCUT2D eigenvalue weighted by Gasteiger charge is -2.30. The second-order valence-electron chi connectivity index (χ2n) is 14.9. The van der Waals surface area contributed by atoms with E-state index in [1.54, 1.807) is 17.0 Å². The van der Waals surface area contributed by atoms with Gasteiger partial charge in [-0.2, -0.15) is 0 Å². The zero-order valence-corrected chi connectivity index (χ0v) is 34.7. The molecule has 0 atom stereocenters. The highest BCUT2D eigenvalue weighted by Gasteiger charge is 2.31.